The smallest absolute Gasteiger partial charge is 0.262 e. The molecule has 6 heteroatoms. The second-order valence-corrected chi connectivity index (χ2v) is 6.47. The zero-order chi connectivity index (χ0) is 16.8. The lowest BCUT2D eigenvalue weighted by atomic mass is 9.93. The van der Waals surface area contributed by atoms with Crippen LogP contribution in [-0.4, -0.2) is 25.1 Å². The minimum absolute atomic E-state index is 0.0433. The SMILES string of the molecule is CC1CCCCN1c1c(-c2ccc3c(c2)OCC(=O)N3)c(=O)c1=O. The summed E-state index contributed by atoms with van der Waals surface area (Å²) in [6.45, 7) is 2.85. The van der Waals surface area contributed by atoms with E-state index in [0.29, 0.717) is 28.3 Å². The lowest BCUT2D eigenvalue weighted by molar-refractivity contribution is -0.118. The third-order valence-corrected chi connectivity index (χ3v) is 4.88. The fourth-order valence-corrected chi connectivity index (χ4v) is 3.58. The third kappa shape index (κ3) is 2.21. The lowest BCUT2D eigenvalue weighted by Crippen LogP contribution is -2.47. The highest BCUT2D eigenvalue weighted by Gasteiger charge is 2.31. The van der Waals surface area contributed by atoms with Gasteiger partial charge in [0.1, 0.15) is 11.4 Å². The van der Waals surface area contributed by atoms with E-state index in [2.05, 4.69) is 17.1 Å². The van der Waals surface area contributed by atoms with Crippen LogP contribution in [0.15, 0.2) is 27.8 Å². The fourth-order valence-electron chi connectivity index (χ4n) is 3.58. The molecule has 0 spiro atoms. The number of carbonyl (C=O) groups is 1. The Bertz CT molecular complexity index is 895. The van der Waals surface area contributed by atoms with Crippen LogP contribution in [0.4, 0.5) is 11.4 Å². The molecule has 2 heterocycles. The number of amides is 1. The van der Waals surface area contributed by atoms with Gasteiger partial charge in [0.15, 0.2) is 6.61 Å². The molecule has 0 aliphatic carbocycles. The summed E-state index contributed by atoms with van der Waals surface area (Å²) in [6, 6.07) is 5.45. The molecule has 2 aliphatic heterocycles. The van der Waals surface area contributed by atoms with Gasteiger partial charge in [-0.1, -0.05) is 6.07 Å². The maximum absolute atomic E-state index is 12.2. The van der Waals surface area contributed by atoms with Crippen molar-refractivity contribution < 1.29 is 9.53 Å². The molecule has 2 aromatic carbocycles. The molecule has 2 aliphatic rings. The standard InChI is InChI=1S/C18H18N2O4/c1-10-4-2-3-7-20(10)16-15(17(22)18(16)23)11-5-6-12-13(8-11)24-9-14(21)19-12/h5-6,8,10H,2-4,7,9H2,1H3,(H,19,21). The number of rotatable bonds is 2. The Kier molecular flexibility index (Phi) is 3.40. The molecule has 1 N–H and O–H groups in total. The van der Waals surface area contributed by atoms with Crippen LogP contribution in [0.5, 0.6) is 5.75 Å². The number of hydrogen-bond donors (Lipinski definition) is 1. The van der Waals surface area contributed by atoms with Crippen LogP contribution in [-0.2, 0) is 4.79 Å². The van der Waals surface area contributed by atoms with Crippen molar-refractivity contribution in [3.63, 3.8) is 0 Å². The average molecular weight is 326 g/mol. The minimum Gasteiger partial charge on any atom is -0.482 e. The quantitative estimate of drug-likeness (QED) is 0.850. The molecule has 0 saturated carbocycles. The summed E-state index contributed by atoms with van der Waals surface area (Å²) in [5.41, 5.74) is 1.42. The van der Waals surface area contributed by atoms with Crippen LogP contribution in [0.3, 0.4) is 0 Å². The number of anilines is 2. The van der Waals surface area contributed by atoms with E-state index in [0.717, 1.165) is 25.8 Å². The Morgan fingerprint density at radius 2 is 2.00 bits per heavy atom. The molecular weight excluding hydrogens is 308 g/mol. The number of fused-ring (bicyclic) bond motifs is 1. The molecule has 0 radical (unpaired) electrons. The predicted molar refractivity (Wildman–Crippen MR) is 91.6 cm³/mol. The number of hydrogen-bond acceptors (Lipinski definition) is 5. The molecule has 24 heavy (non-hydrogen) atoms. The molecule has 2 aromatic rings. The van der Waals surface area contributed by atoms with Crippen molar-refractivity contribution in [1.82, 2.24) is 0 Å². The van der Waals surface area contributed by atoms with E-state index in [4.69, 9.17) is 4.74 Å². The van der Waals surface area contributed by atoms with Crippen molar-refractivity contribution in [2.24, 2.45) is 0 Å². The second-order valence-electron chi connectivity index (χ2n) is 6.47. The maximum atomic E-state index is 12.2. The predicted octanol–water partition coefficient (Wildman–Crippen LogP) is 1.66. The van der Waals surface area contributed by atoms with Crippen LogP contribution in [0.25, 0.3) is 11.1 Å². The van der Waals surface area contributed by atoms with E-state index in [-0.39, 0.29) is 18.6 Å². The first-order chi connectivity index (χ1) is 11.6. The molecule has 1 fully saturated rings. The number of benzene rings is 1. The van der Waals surface area contributed by atoms with Crippen molar-refractivity contribution in [1.29, 1.82) is 0 Å². The Morgan fingerprint density at radius 1 is 1.17 bits per heavy atom. The molecule has 0 bridgehead atoms. The molecule has 1 atom stereocenters. The van der Waals surface area contributed by atoms with Gasteiger partial charge in [-0.2, -0.15) is 0 Å². The van der Waals surface area contributed by atoms with Gasteiger partial charge in [0.25, 0.3) is 5.91 Å². The summed E-state index contributed by atoms with van der Waals surface area (Å²) in [6.07, 6.45) is 3.20. The zero-order valence-electron chi connectivity index (χ0n) is 13.4. The number of carbonyl (C=O) groups excluding carboxylic acids is 1. The van der Waals surface area contributed by atoms with E-state index in [9.17, 15) is 14.4 Å². The summed E-state index contributed by atoms with van der Waals surface area (Å²) in [5.74, 6) is 0.324. The monoisotopic (exact) mass is 326 g/mol. The highest BCUT2D eigenvalue weighted by molar-refractivity contribution is 5.96. The van der Waals surface area contributed by atoms with E-state index < -0.39 is 10.9 Å². The normalized spacial score (nSPS) is 20.5. The van der Waals surface area contributed by atoms with Crippen molar-refractivity contribution >= 4 is 17.3 Å². The van der Waals surface area contributed by atoms with Crippen molar-refractivity contribution in [2.75, 3.05) is 23.4 Å². The van der Waals surface area contributed by atoms with E-state index in [1.807, 2.05) is 0 Å². The number of nitrogens with zero attached hydrogens (tertiary/aromatic N) is 1. The first kappa shape index (κ1) is 14.9. The van der Waals surface area contributed by atoms with Gasteiger partial charge in [-0.25, -0.2) is 0 Å². The maximum Gasteiger partial charge on any atom is 0.262 e. The number of nitrogens with one attached hydrogen (secondary N) is 1. The van der Waals surface area contributed by atoms with Gasteiger partial charge in [0.2, 0.25) is 10.9 Å². The Morgan fingerprint density at radius 3 is 2.79 bits per heavy atom. The molecule has 124 valence electrons. The second kappa shape index (κ2) is 5.47. The van der Waals surface area contributed by atoms with Gasteiger partial charge in [0.05, 0.1) is 11.3 Å². The molecule has 1 saturated heterocycles. The van der Waals surface area contributed by atoms with Gasteiger partial charge >= 0.3 is 0 Å². The van der Waals surface area contributed by atoms with Gasteiger partial charge in [-0.3, -0.25) is 14.4 Å². The third-order valence-electron chi connectivity index (χ3n) is 4.88. The summed E-state index contributed by atoms with van der Waals surface area (Å²) in [7, 11) is 0. The fraction of sp³-hybridized carbons (Fsp3) is 0.389. The lowest BCUT2D eigenvalue weighted by Gasteiger charge is -2.36. The van der Waals surface area contributed by atoms with E-state index >= 15 is 0 Å². The Hall–Kier alpha value is -2.63. The highest BCUT2D eigenvalue weighted by atomic mass is 16.5. The summed E-state index contributed by atoms with van der Waals surface area (Å²) >= 11 is 0. The van der Waals surface area contributed by atoms with Crippen LogP contribution >= 0.6 is 0 Å². The summed E-state index contributed by atoms with van der Waals surface area (Å²) in [5, 5.41) is 2.72. The van der Waals surface area contributed by atoms with Crippen molar-refractivity contribution in [3.05, 3.63) is 38.6 Å². The molecule has 1 unspecified atom stereocenters. The molecule has 1 amide bonds. The Balaban J connectivity index is 1.76. The van der Waals surface area contributed by atoms with E-state index in [1.165, 1.54) is 0 Å². The van der Waals surface area contributed by atoms with Crippen LogP contribution in [0.2, 0.25) is 0 Å². The topological polar surface area (TPSA) is 75.7 Å². The van der Waals surface area contributed by atoms with Crippen molar-refractivity contribution in [3.8, 4) is 16.9 Å². The number of piperidine rings is 1. The van der Waals surface area contributed by atoms with Gasteiger partial charge in [0, 0.05) is 12.6 Å². The average Bonchev–Trinajstić information content (AvgIpc) is 2.59. The summed E-state index contributed by atoms with van der Waals surface area (Å²) < 4.78 is 5.41. The van der Waals surface area contributed by atoms with Gasteiger partial charge in [-0.15, -0.1) is 0 Å². The van der Waals surface area contributed by atoms with E-state index in [1.54, 1.807) is 18.2 Å². The summed E-state index contributed by atoms with van der Waals surface area (Å²) in [4.78, 5) is 37.8. The largest absolute Gasteiger partial charge is 0.482 e. The molecule has 6 nitrogen and oxygen atoms in total. The number of ether oxygens (including phenoxy) is 1. The Labute approximate surface area is 138 Å². The van der Waals surface area contributed by atoms with Crippen LogP contribution in [0, 0.1) is 0 Å². The van der Waals surface area contributed by atoms with Crippen LogP contribution < -0.4 is 25.8 Å². The molecular formula is C18H18N2O4. The molecule has 4 rings (SSSR count). The van der Waals surface area contributed by atoms with Crippen LogP contribution in [0.1, 0.15) is 26.2 Å². The van der Waals surface area contributed by atoms with Gasteiger partial charge in [-0.05, 0) is 43.9 Å². The zero-order valence-corrected chi connectivity index (χ0v) is 13.4. The first-order valence-electron chi connectivity index (χ1n) is 8.23. The first-order valence-corrected chi connectivity index (χ1v) is 8.23. The molecule has 0 aromatic heterocycles. The minimum atomic E-state index is -0.442. The van der Waals surface area contributed by atoms with Crippen molar-refractivity contribution in [2.45, 2.75) is 32.2 Å². The van der Waals surface area contributed by atoms with Gasteiger partial charge < -0.3 is 15.0 Å². The highest BCUT2D eigenvalue weighted by Crippen LogP contribution is 2.36.